The maximum absolute atomic E-state index is 13.5. The van der Waals surface area contributed by atoms with Crippen LogP contribution >= 0.6 is 0 Å². The number of aromatic nitrogens is 2. The van der Waals surface area contributed by atoms with Crippen molar-refractivity contribution in [1.82, 2.24) is 14.7 Å². The number of halogens is 4. The molecule has 2 heterocycles. The minimum absolute atomic E-state index is 0.139. The van der Waals surface area contributed by atoms with Gasteiger partial charge < -0.3 is 9.64 Å². The molecule has 0 radical (unpaired) electrons. The van der Waals surface area contributed by atoms with Crippen molar-refractivity contribution in [2.75, 3.05) is 19.8 Å². The molecule has 9 heteroatoms. The smallest absolute Gasteiger partial charge is 0.377 e. The number of nitrogens with zero attached hydrogens (tertiary/aromatic N) is 3. The molecule has 1 unspecified atom stereocenters. The Morgan fingerprint density at radius 1 is 1.33 bits per heavy atom. The third-order valence-corrected chi connectivity index (χ3v) is 4.56. The summed E-state index contributed by atoms with van der Waals surface area (Å²) in [7, 11) is 0. The zero-order chi connectivity index (χ0) is 19.8. The highest BCUT2D eigenvalue weighted by Crippen LogP contribution is 2.32. The van der Waals surface area contributed by atoms with Crippen molar-refractivity contribution >= 4 is 5.91 Å². The second-order valence-corrected chi connectivity index (χ2v) is 6.46. The van der Waals surface area contributed by atoms with E-state index in [0.29, 0.717) is 23.6 Å². The summed E-state index contributed by atoms with van der Waals surface area (Å²) in [6, 6.07) is 4.74. The second kappa shape index (κ2) is 7.30. The third-order valence-electron chi connectivity index (χ3n) is 4.56. The molecule has 1 amide bonds. The van der Waals surface area contributed by atoms with Gasteiger partial charge in [-0.25, -0.2) is 4.39 Å². The summed E-state index contributed by atoms with van der Waals surface area (Å²) in [4.78, 5) is 14.4. The zero-order valence-electron chi connectivity index (χ0n) is 14.9. The monoisotopic (exact) mass is 385 g/mol. The first-order valence-electron chi connectivity index (χ1n) is 8.42. The largest absolute Gasteiger partial charge is 0.408 e. The van der Waals surface area contributed by atoms with Crippen LogP contribution in [0.2, 0.25) is 0 Å². The number of benzene rings is 1. The number of hydrogen-bond donors (Lipinski definition) is 0. The van der Waals surface area contributed by atoms with Gasteiger partial charge in [-0.15, -0.1) is 0 Å². The molecule has 5 nitrogen and oxygen atoms in total. The van der Waals surface area contributed by atoms with Gasteiger partial charge in [0.05, 0.1) is 24.9 Å². The van der Waals surface area contributed by atoms with Crippen molar-refractivity contribution in [3.8, 4) is 0 Å². The van der Waals surface area contributed by atoms with Gasteiger partial charge in [0.15, 0.2) is 0 Å². The van der Waals surface area contributed by atoms with Gasteiger partial charge in [0.25, 0.3) is 5.91 Å². The molecular weight excluding hydrogens is 366 g/mol. The Bertz CT molecular complexity index is 848. The molecular formula is C18H19F4N3O2. The molecule has 0 aliphatic carbocycles. The highest BCUT2D eigenvalue weighted by atomic mass is 19.4. The molecule has 0 saturated carbocycles. The van der Waals surface area contributed by atoms with Crippen molar-refractivity contribution in [1.29, 1.82) is 0 Å². The zero-order valence-corrected chi connectivity index (χ0v) is 14.9. The molecule has 1 saturated heterocycles. The molecule has 1 aromatic heterocycles. The Morgan fingerprint density at radius 3 is 2.74 bits per heavy atom. The summed E-state index contributed by atoms with van der Waals surface area (Å²) in [5.41, 5.74) is 1.45. The lowest BCUT2D eigenvalue weighted by Gasteiger charge is -2.36. The second-order valence-electron chi connectivity index (χ2n) is 6.46. The van der Waals surface area contributed by atoms with Gasteiger partial charge in [-0.3, -0.25) is 9.48 Å². The molecule has 0 N–H and O–H groups in total. The van der Waals surface area contributed by atoms with Crippen LogP contribution in [0.25, 0.3) is 0 Å². The summed E-state index contributed by atoms with van der Waals surface area (Å²) >= 11 is 0. The van der Waals surface area contributed by atoms with E-state index < -0.39 is 30.5 Å². The molecule has 1 fully saturated rings. The lowest BCUT2D eigenvalue weighted by atomic mass is 10.0. The number of alkyl halides is 3. The number of amides is 1. The standard InChI is InChI=1S/C18H19F4N3O2/c1-11-16(12(2)25(23-11)10-18(20,21)22)15-9-27-7-6-24(15)17(26)13-4-3-5-14(19)8-13/h3-5,8,15H,6-7,9-10H2,1-2H3. The fourth-order valence-electron chi connectivity index (χ4n) is 3.39. The minimum atomic E-state index is -4.40. The maximum atomic E-state index is 13.5. The fraction of sp³-hybridized carbons (Fsp3) is 0.444. The average molecular weight is 385 g/mol. The predicted molar refractivity (Wildman–Crippen MR) is 88.8 cm³/mol. The van der Waals surface area contributed by atoms with Crippen LogP contribution in [-0.4, -0.2) is 46.5 Å². The molecule has 1 aromatic carbocycles. The molecule has 3 rings (SSSR count). The Balaban J connectivity index is 1.95. The van der Waals surface area contributed by atoms with Crippen LogP contribution in [0.3, 0.4) is 0 Å². The van der Waals surface area contributed by atoms with E-state index in [0.717, 1.165) is 10.7 Å². The van der Waals surface area contributed by atoms with E-state index in [1.54, 1.807) is 13.8 Å². The molecule has 27 heavy (non-hydrogen) atoms. The lowest BCUT2D eigenvalue weighted by Crippen LogP contribution is -2.43. The van der Waals surface area contributed by atoms with Crippen LogP contribution in [0.4, 0.5) is 17.6 Å². The fourth-order valence-corrected chi connectivity index (χ4v) is 3.39. The predicted octanol–water partition coefficient (Wildman–Crippen LogP) is 3.42. The van der Waals surface area contributed by atoms with Gasteiger partial charge in [-0.05, 0) is 32.0 Å². The van der Waals surface area contributed by atoms with E-state index in [-0.39, 0.29) is 18.7 Å². The summed E-state index contributed by atoms with van der Waals surface area (Å²) in [6.07, 6.45) is -4.40. The number of carbonyl (C=O) groups is 1. The Hall–Kier alpha value is -2.42. The topological polar surface area (TPSA) is 47.4 Å². The number of rotatable bonds is 3. The first kappa shape index (κ1) is 19.3. The van der Waals surface area contributed by atoms with Gasteiger partial charge in [0.1, 0.15) is 12.4 Å². The highest BCUT2D eigenvalue weighted by molar-refractivity contribution is 5.94. The summed E-state index contributed by atoms with van der Waals surface area (Å²) in [6.45, 7) is 2.64. The summed E-state index contributed by atoms with van der Waals surface area (Å²) in [5, 5.41) is 3.99. The van der Waals surface area contributed by atoms with Crippen LogP contribution in [0.5, 0.6) is 0 Å². The van der Waals surface area contributed by atoms with Crippen LogP contribution in [0, 0.1) is 19.7 Å². The van der Waals surface area contributed by atoms with Crippen molar-refractivity contribution < 1.29 is 27.1 Å². The molecule has 146 valence electrons. The normalized spacial score (nSPS) is 18.0. The Labute approximate surface area is 153 Å². The Morgan fingerprint density at radius 2 is 2.07 bits per heavy atom. The van der Waals surface area contributed by atoms with Crippen LogP contribution in [0.15, 0.2) is 24.3 Å². The van der Waals surface area contributed by atoms with E-state index in [1.165, 1.54) is 23.1 Å². The molecule has 1 aliphatic rings. The number of hydrogen-bond acceptors (Lipinski definition) is 3. The third kappa shape index (κ3) is 4.13. The van der Waals surface area contributed by atoms with Gasteiger partial charge in [-0.2, -0.15) is 18.3 Å². The number of ether oxygens (including phenoxy) is 1. The van der Waals surface area contributed by atoms with Gasteiger partial charge in [-0.1, -0.05) is 6.07 Å². The van der Waals surface area contributed by atoms with Crippen LogP contribution in [-0.2, 0) is 11.3 Å². The SMILES string of the molecule is Cc1nn(CC(F)(F)F)c(C)c1C1COCCN1C(=O)c1cccc(F)c1. The molecule has 2 aromatic rings. The number of morpholine rings is 1. The average Bonchev–Trinajstić information content (AvgIpc) is 2.86. The highest BCUT2D eigenvalue weighted by Gasteiger charge is 2.35. The van der Waals surface area contributed by atoms with E-state index in [9.17, 15) is 22.4 Å². The number of aryl methyl sites for hydroxylation is 1. The van der Waals surface area contributed by atoms with E-state index in [1.807, 2.05) is 0 Å². The van der Waals surface area contributed by atoms with Gasteiger partial charge in [0, 0.05) is 23.4 Å². The number of carbonyl (C=O) groups excluding carboxylic acids is 1. The minimum Gasteiger partial charge on any atom is -0.377 e. The van der Waals surface area contributed by atoms with Crippen molar-refractivity contribution in [3.63, 3.8) is 0 Å². The van der Waals surface area contributed by atoms with Crippen LogP contribution in [0.1, 0.15) is 33.4 Å². The molecule has 0 spiro atoms. The van der Waals surface area contributed by atoms with Gasteiger partial charge >= 0.3 is 6.18 Å². The van der Waals surface area contributed by atoms with Gasteiger partial charge in [0.2, 0.25) is 0 Å². The lowest BCUT2D eigenvalue weighted by molar-refractivity contribution is -0.143. The van der Waals surface area contributed by atoms with E-state index in [2.05, 4.69) is 5.10 Å². The van der Waals surface area contributed by atoms with E-state index >= 15 is 0 Å². The van der Waals surface area contributed by atoms with Crippen molar-refractivity contribution in [3.05, 3.63) is 52.6 Å². The van der Waals surface area contributed by atoms with E-state index in [4.69, 9.17) is 4.74 Å². The molecule has 1 atom stereocenters. The first-order valence-corrected chi connectivity index (χ1v) is 8.42. The summed E-state index contributed by atoms with van der Waals surface area (Å²) in [5.74, 6) is -0.929. The molecule has 0 bridgehead atoms. The maximum Gasteiger partial charge on any atom is 0.408 e. The van der Waals surface area contributed by atoms with Crippen molar-refractivity contribution in [2.24, 2.45) is 0 Å². The first-order chi connectivity index (χ1) is 12.7. The van der Waals surface area contributed by atoms with Crippen molar-refractivity contribution in [2.45, 2.75) is 32.6 Å². The summed E-state index contributed by atoms with van der Waals surface area (Å²) < 4.78 is 58.2. The Kier molecular flexibility index (Phi) is 5.23. The molecule has 1 aliphatic heterocycles. The quantitative estimate of drug-likeness (QED) is 0.761. The van der Waals surface area contributed by atoms with Crippen LogP contribution < -0.4 is 0 Å².